The van der Waals surface area contributed by atoms with Crippen molar-refractivity contribution in [1.29, 1.82) is 5.26 Å². The van der Waals surface area contributed by atoms with Crippen LogP contribution < -0.4 is 0 Å². The third kappa shape index (κ3) is 3.50. The molecule has 0 heterocycles. The molecule has 1 aliphatic rings. The van der Waals surface area contributed by atoms with Crippen molar-refractivity contribution in [1.82, 2.24) is 0 Å². The van der Waals surface area contributed by atoms with E-state index in [0.717, 1.165) is 13.2 Å². The standard InChI is InChI=1S/C15H18F3NO3/c1-10(2)14(21,13(9-19)6-7-13)5-4-11(15(16,17)18)8-12(20)22-3/h4-5,8,10,21H,6-7H2,1-3H3/b5-4+,11-8+. The molecule has 0 radical (unpaired) electrons. The van der Waals surface area contributed by atoms with Gasteiger partial charge in [0.05, 0.1) is 24.2 Å². The maximum atomic E-state index is 12.9. The fourth-order valence-corrected chi connectivity index (χ4v) is 2.26. The number of carbonyl (C=O) groups is 1. The number of allylic oxidation sites excluding steroid dienone is 2. The molecular weight excluding hydrogens is 299 g/mol. The number of aliphatic hydroxyl groups is 1. The predicted octanol–water partition coefficient (Wildman–Crippen LogP) is 2.90. The number of esters is 1. The van der Waals surface area contributed by atoms with E-state index in [0.29, 0.717) is 25.0 Å². The number of ether oxygens (including phenoxy) is 1. The molecule has 7 heteroatoms. The zero-order chi connectivity index (χ0) is 17.2. The second kappa shape index (κ2) is 6.13. The van der Waals surface area contributed by atoms with E-state index in [4.69, 9.17) is 0 Å². The van der Waals surface area contributed by atoms with E-state index in [-0.39, 0.29) is 0 Å². The Hall–Kier alpha value is -1.81. The van der Waals surface area contributed by atoms with Crippen LogP contribution in [0.25, 0.3) is 0 Å². The first-order chi connectivity index (χ1) is 10.0. The fraction of sp³-hybridized carbons (Fsp3) is 0.600. The van der Waals surface area contributed by atoms with E-state index < -0.39 is 34.7 Å². The van der Waals surface area contributed by atoms with Gasteiger partial charge >= 0.3 is 12.1 Å². The van der Waals surface area contributed by atoms with Gasteiger partial charge in [0.25, 0.3) is 0 Å². The molecule has 122 valence electrons. The zero-order valence-corrected chi connectivity index (χ0v) is 12.6. The lowest BCUT2D eigenvalue weighted by molar-refractivity contribution is -0.135. The molecule has 1 rings (SSSR count). The minimum Gasteiger partial charge on any atom is -0.466 e. The van der Waals surface area contributed by atoms with Crippen molar-refractivity contribution in [3.8, 4) is 6.07 Å². The third-order valence-electron chi connectivity index (χ3n) is 3.93. The molecule has 4 nitrogen and oxygen atoms in total. The van der Waals surface area contributed by atoms with Crippen molar-refractivity contribution in [2.75, 3.05) is 7.11 Å². The number of nitriles is 1. The molecule has 1 fully saturated rings. The van der Waals surface area contributed by atoms with Crippen molar-refractivity contribution in [3.63, 3.8) is 0 Å². The van der Waals surface area contributed by atoms with E-state index in [9.17, 15) is 28.3 Å². The molecule has 1 atom stereocenters. The predicted molar refractivity (Wildman–Crippen MR) is 72.4 cm³/mol. The number of halogens is 3. The van der Waals surface area contributed by atoms with Crippen LogP contribution in [0, 0.1) is 22.7 Å². The summed E-state index contributed by atoms with van der Waals surface area (Å²) in [5.41, 5.74) is -4.01. The van der Waals surface area contributed by atoms with Crippen LogP contribution in [-0.2, 0) is 9.53 Å². The van der Waals surface area contributed by atoms with Gasteiger partial charge in [-0.2, -0.15) is 18.4 Å². The lowest BCUT2D eigenvalue weighted by Crippen LogP contribution is -2.42. The molecule has 0 bridgehead atoms. The largest absolute Gasteiger partial charge is 0.466 e. The van der Waals surface area contributed by atoms with Crippen LogP contribution in [0.15, 0.2) is 23.8 Å². The summed E-state index contributed by atoms with van der Waals surface area (Å²) in [6, 6.07) is 2.00. The van der Waals surface area contributed by atoms with Gasteiger partial charge < -0.3 is 9.84 Å². The number of methoxy groups -OCH3 is 1. The number of rotatable bonds is 5. The second-order valence-corrected chi connectivity index (χ2v) is 5.63. The Bertz CT molecular complexity index is 539. The van der Waals surface area contributed by atoms with E-state index in [1.165, 1.54) is 0 Å². The summed E-state index contributed by atoms with van der Waals surface area (Å²) in [6.07, 6.45) is -2.02. The molecule has 0 saturated heterocycles. The van der Waals surface area contributed by atoms with Gasteiger partial charge in [0.2, 0.25) is 0 Å². The highest BCUT2D eigenvalue weighted by Crippen LogP contribution is 2.57. The molecule has 1 aliphatic carbocycles. The summed E-state index contributed by atoms with van der Waals surface area (Å²) in [5, 5.41) is 19.9. The summed E-state index contributed by atoms with van der Waals surface area (Å²) < 4.78 is 42.9. The molecule has 0 amide bonds. The van der Waals surface area contributed by atoms with Gasteiger partial charge in [-0.1, -0.05) is 26.0 Å². The molecule has 1 N–H and O–H groups in total. The molecule has 1 saturated carbocycles. The van der Waals surface area contributed by atoms with Crippen molar-refractivity contribution < 1.29 is 27.8 Å². The molecule has 0 aromatic rings. The van der Waals surface area contributed by atoms with E-state index in [2.05, 4.69) is 4.74 Å². The van der Waals surface area contributed by atoms with E-state index in [1.807, 2.05) is 6.07 Å². The molecule has 0 aromatic carbocycles. The van der Waals surface area contributed by atoms with Crippen LogP contribution in [0.1, 0.15) is 26.7 Å². The monoisotopic (exact) mass is 317 g/mol. The van der Waals surface area contributed by atoms with Crippen molar-refractivity contribution >= 4 is 5.97 Å². The van der Waals surface area contributed by atoms with Gasteiger partial charge in [0.15, 0.2) is 0 Å². The van der Waals surface area contributed by atoms with Crippen LogP contribution in [-0.4, -0.2) is 30.0 Å². The van der Waals surface area contributed by atoms with Crippen molar-refractivity contribution in [2.45, 2.75) is 38.5 Å². The summed E-state index contributed by atoms with van der Waals surface area (Å²) in [7, 11) is 0.968. The molecule has 1 unspecified atom stereocenters. The lowest BCUT2D eigenvalue weighted by atomic mass is 9.76. The Morgan fingerprint density at radius 1 is 1.41 bits per heavy atom. The summed E-state index contributed by atoms with van der Waals surface area (Å²) in [4.78, 5) is 11.0. The Balaban J connectivity index is 3.21. The van der Waals surface area contributed by atoms with Crippen LogP contribution >= 0.6 is 0 Å². The Labute approximate surface area is 126 Å². The average Bonchev–Trinajstić information content (AvgIpc) is 3.22. The maximum Gasteiger partial charge on any atom is 0.416 e. The molecule has 22 heavy (non-hydrogen) atoms. The Morgan fingerprint density at radius 3 is 2.27 bits per heavy atom. The number of alkyl halides is 3. The van der Waals surface area contributed by atoms with Gasteiger partial charge in [-0.05, 0) is 18.8 Å². The van der Waals surface area contributed by atoms with Crippen LogP contribution in [0.5, 0.6) is 0 Å². The molecular formula is C15H18F3NO3. The first-order valence-corrected chi connectivity index (χ1v) is 6.72. The minimum absolute atomic E-state index is 0.309. The van der Waals surface area contributed by atoms with Gasteiger partial charge in [0, 0.05) is 6.08 Å². The summed E-state index contributed by atoms with van der Waals surface area (Å²) >= 11 is 0. The zero-order valence-electron chi connectivity index (χ0n) is 12.6. The Kier molecular flexibility index (Phi) is 5.08. The van der Waals surface area contributed by atoms with Crippen molar-refractivity contribution in [2.24, 2.45) is 11.3 Å². The SMILES string of the molecule is COC(=O)/C=C(\C=C\C(O)(C(C)C)C1(C#N)CC1)C(F)(F)F. The van der Waals surface area contributed by atoms with Crippen LogP contribution in [0.2, 0.25) is 0 Å². The second-order valence-electron chi connectivity index (χ2n) is 5.63. The quantitative estimate of drug-likeness (QED) is 0.481. The highest BCUT2D eigenvalue weighted by molar-refractivity contribution is 5.83. The first kappa shape index (κ1) is 18.2. The molecule has 0 aromatic heterocycles. The minimum atomic E-state index is -4.77. The highest BCUT2D eigenvalue weighted by atomic mass is 19.4. The highest BCUT2D eigenvalue weighted by Gasteiger charge is 2.59. The Morgan fingerprint density at radius 2 is 1.95 bits per heavy atom. The smallest absolute Gasteiger partial charge is 0.416 e. The molecule has 0 spiro atoms. The van der Waals surface area contributed by atoms with Gasteiger partial charge in [0.1, 0.15) is 5.60 Å². The van der Waals surface area contributed by atoms with E-state index in [1.54, 1.807) is 13.8 Å². The number of hydrogen-bond donors (Lipinski definition) is 1. The molecule has 0 aliphatic heterocycles. The van der Waals surface area contributed by atoms with Gasteiger partial charge in [-0.15, -0.1) is 0 Å². The third-order valence-corrected chi connectivity index (χ3v) is 3.93. The van der Waals surface area contributed by atoms with Crippen LogP contribution in [0.3, 0.4) is 0 Å². The van der Waals surface area contributed by atoms with Gasteiger partial charge in [-0.25, -0.2) is 4.79 Å². The lowest BCUT2D eigenvalue weighted by Gasteiger charge is -2.33. The first-order valence-electron chi connectivity index (χ1n) is 6.72. The fourth-order valence-electron chi connectivity index (χ4n) is 2.26. The van der Waals surface area contributed by atoms with E-state index >= 15 is 0 Å². The number of carbonyl (C=O) groups excluding carboxylic acids is 1. The normalized spacial score (nSPS) is 20.6. The number of hydrogen-bond acceptors (Lipinski definition) is 4. The van der Waals surface area contributed by atoms with Gasteiger partial charge in [-0.3, -0.25) is 0 Å². The van der Waals surface area contributed by atoms with Crippen molar-refractivity contribution in [3.05, 3.63) is 23.8 Å². The summed E-state index contributed by atoms with van der Waals surface area (Å²) in [5.74, 6) is -1.61. The summed E-state index contributed by atoms with van der Waals surface area (Å²) in [6.45, 7) is 3.25. The average molecular weight is 317 g/mol. The topological polar surface area (TPSA) is 70.3 Å². The number of nitrogens with zero attached hydrogens (tertiary/aromatic N) is 1. The van der Waals surface area contributed by atoms with Crippen LogP contribution in [0.4, 0.5) is 13.2 Å². The maximum absolute atomic E-state index is 12.9.